The van der Waals surface area contributed by atoms with E-state index in [0.717, 1.165) is 30.9 Å². The predicted octanol–water partition coefficient (Wildman–Crippen LogP) is 3.71. The molecule has 120 valence electrons. The second-order valence-electron chi connectivity index (χ2n) is 5.96. The Morgan fingerprint density at radius 2 is 2.05 bits per heavy atom. The van der Waals surface area contributed by atoms with Gasteiger partial charge in [0.25, 0.3) is 0 Å². The van der Waals surface area contributed by atoms with Gasteiger partial charge in [-0.3, -0.25) is 0 Å². The summed E-state index contributed by atoms with van der Waals surface area (Å²) in [5.74, 6) is 1.72. The van der Waals surface area contributed by atoms with Crippen LogP contribution in [-0.4, -0.2) is 16.7 Å². The van der Waals surface area contributed by atoms with Crippen molar-refractivity contribution >= 4 is 23.8 Å². The van der Waals surface area contributed by atoms with Crippen molar-refractivity contribution in [2.45, 2.75) is 45.6 Å². The van der Waals surface area contributed by atoms with Gasteiger partial charge in [-0.1, -0.05) is 25.1 Å². The van der Waals surface area contributed by atoms with E-state index in [1.165, 1.54) is 11.3 Å². The summed E-state index contributed by atoms with van der Waals surface area (Å²) in [5, 5.41) is 4.07. The van der Waals surface area contributed by atoms with E-state index in [1.54, 1.807) is 0 Å². The maximum Gasteiger partial charge on any atom is 0.249 e. The van der Waals surface area contributed by atoms with Crippen molar-refractivity contribution in [3.63, 3.8) is 0 Å². The number of nitrogens with two attached hydrogens (primary N) is 1. The minimum Gasteiger partial charge on any atom is -0.398 e. The molecule has 2 N–H and O–H groups in total. The molecule has 2 aromatic rings. The van der Waals surface area contributed by atoms with E-state index in [9.17, 15) is 0 Å². The topological polar surface area (TPSA) is 68.2 Å². The second kappa shape index (κ2) is 6.57. The van der Waals surface area contributed by atoms with E-state index < -0.39 is 0 Å². The minimum absolute atomic E-state index is 0. The van der Waals surface area contributed by atoms with Crippen LogP contribution in [0.1, 0.15) is 56.4 Å². The highest BCUT2D eigenvalue weighted by Crippen LogP contribution is 2.36. The fourth-order valence-electron chi connectivity index (χ4n) is 2.87. The molecule has 0 radical (unpaired) electrons. The highest BCUT2D eigenvalue weighted by Gasteiger charge is 2.27. The van der Waals surface area contributed by atoms with Crippen molar-refractivity contribution in [3.05, 3.63) is 35.5 Å². The average Bonchev–Trinajstić information content (AvgIpc) is 2.96. The number of rotatable bonds is 3. The molecule has 22 heavy (non-hydrogen) atoms. The van der Waals surface area contributed by atoms with E-state index in [2.05, 4.69) is 41.9 Å². The van der Waals surface area contributed by atoms with Gasteiger partial charge in [-0.2, -0.15) is 4.98 Å². The van der Waals surface area contributed by atoms with Crippen molar-refractivity contribution in [1.29, 1.82) is 0 Å². The zero-order valence-electron chi connectivity index (χ0n) is 13.2. The molecule has 0 spiro atoms. The number of hydrogen-bond acceptors (Lipinski definition) is 5. The van der Waals surface area contributed by atoms with Gasteiger partial charge < -0.3 is 15.2 Å². The number of halogens is 1. The van der Waals surface area contributed by atoms with Crippen LogP contribution in [-0.2, 0) is 6.42 Å². The zero-order chi connectivity index (χ0) is 15.0. The summed E-state index contributed by atoms with van der Waals surface area (Å²) in [4.78, 5) is 6.84. The lowest BCUT2D eigenvalue weighted by Crippen LogP contribution is -2.32. The summed E-state index contributed by atoms with van der Waals surface area (Å²) < 4.78 is 5.45. The number of fused-ring (bicyclic) bond motifs is 1. The molecular formula is C16H23ClN4O. The number of nitrogen functional groups attached to an aromatic ring is 1. The van der Waals surface area contributed by atoms with Crippen molar-refractivity contribution in [3.8, 4) is 0 Å². The number of nitrogens with zero attached hydrogens (tertiary/aromatic N) is 3. The third-order valence-corrected chi connectivity index (χ3v) is 4.12. The third-order valence-electron chi connectivity index (χ3n) is 4.12. The Labute approximate surface area is 137 Å². The zero-order valence-corrected chi connectivity index (χ0v) is 14.1. The smallest absolute Gasteiger partial charge is 0.249 e. The van der Waals surface area contributed by atoms with Crippen molar-refractivity contribution < 1.29 is 4.52 Å². The van der Waals surface area contributed by atoms with E-state index in [4.69, 9.17) is 10.3 Å². The Balaban J connectivity index is 0.00000176. The molecular weight excluding hydrogens is 300 g/mol. The lowest BCUT2D eigenvalue weighted by molar-refractivity contribution is 0.348. The Kier molecular flexibility index (Phi) is 4.96. The largest absolute Gasteiger partial charge is 0.398 e. The molecule has 5 nitrogen and oxygen atoms in total. The molecule has 0 amide bonds. The number of anilines is 2. The van der Waals surface area contributed by atoms with Crippen LogP contribution >= 0.6 is 12.4 Å². The first-order valence-electron chi connectivity index (χ1n) is 7.55. The van der Waals surface area contributed by atoms with Crippen LogP contribution in [0, 0.1) is 0 Å². The van der Waals surface area contributed by atoms with E-state index in [0.29, 0.717) is 5.89 Å². The molecule has 1 atom stereocenters. The standard InChI is InChI=1S/C16H22N4O.ClH/c1-10(2)15-18-16(21-19-15)11(3)20-9-5-6-12-13(17)7-4-8-14(12)20;/h4,7-8,10-11H,5-6,9,17H2,1-3H3;1H. The highest BCUT2D eigenvalue weighted by molar-refractivity contribution is 5.85. The predicted molar refractivity (Wildman–Crippen MR) is 90.6 cm³/mol. The van der Waals surface area contributed by atoms with Gasteiger partial charge in [0.05, 0.1) is 0 Å². The minimum atomic E-state index is 0. The van der Waals surface area contributed by atoms with Crippen molar-refractivity contribution in [1.82, 2.24) is 10.1 Å². The SMILES string of the molecule is CC(C)c1noc(C(C)N2CCCc3c(N)cccc32)n1.Cl. The number of benzene rings is 1. The molecule has 3 rings (SSSR count). The molecule has 1 unspecified atom stereocenters. The summed E-state index contributed by atoms with van der Waals surface area (Å²) >= 11 is 0. The van der Waals surface area contributed by atoms with Crippen LogP contribution in [0.25, 0.3) is 0 Å². The molecule has 1 aliphatic heterocycles. The quantitative estimate of drug-likeness (QED) is 0.872. The Morgan fingerprint density at radius 1 is 1.27 bits per heavy atom. The van der Waals surface area contributed by atoms with E-state index in [1.807, 2.05) is 12.1 Å². The highest BCUT2D eigenvalue weighted by atomic mass is 35.5. The van der Waals surface area contributed by atoms with E-state index >= 15 is 0 Å². The molecule has 0 bridgehead atoms. The first kappa shape index (κ1) is 16.6. The second-order valence-corrected chi connectivity index (χ2v) is 5.96. The fourth-order valence-corrected chi connectivity index (χ4v) is 2.87. The average molecular weight is 323 g/mol. The summed E-state index contributed by atoms with van der Waals surface area (Å²) in [5.41, 5.74) is 9.41. The number of hydrogen-bond donors (Lipinski definition) is 1. The molecule has 0 saturated heterocycles. The molecule has 1 aliphatic rings. The normalized spacial score (nSPS) is 15.4. The van der Waals surface area contributed by atoms with Crippen LogP contribution in [0.4, 0.5) is 11.4 Å². The van der Waals surface area contributed by atoms with Gasteiger partial charge >= 0.3 is 0 Å². The van der Waals surface area contributed by atoms with Gasteiger partial charge in [0.15, 0.2) is 5.82 Å². The van der Waals surface area contributed by atoms with Crippen LogP contribution in [0.15, 0.2) is 22.7 Å². The molecule has 1 aromatic heterocycles. The maximum absolute atomic E-state index is 6.11. The molecule has 0 fully saturated rings. The lowest BCUT2D eigenvalue weighted by atomic mass is 9.98. The Bertz CT molecular complexity index is 641. The molecule has 6 heteroatoms. The maximum atomic E-state index is 6.11. The molecule has 2 heterocycles. The van der Waals surface area contributed by atoms with Crippen LogP contribution < -0.4 is 10.6 Å². The summed E-state index contributed by atoms with van der Waals surface area (Å²) in [7, 11) is 0. The van der Waals surface area contributed by atoms with Gasteiger partial charge in [-0.05, 0) is 37.5 Å². The van der Waals surface area contributed by atoms with Gasteiger partial charge in [-0.25, -0.2) is 0 Å². The Hall–Kier alpha value is -1.75. The first-order valence-corrected chi connectivity index (χ1v) is 7.55. The lowest BCUT2D eigenvalue weighted by Gasteiger charge is -2.35. The van der Waals surface area contributed by atoms with Crippen molar-refractivity contribution in [2.75, 3.05) is 17.2 Å². The summed E-state index contributed by atoms with van der Waals surface area (Å²) in [6.45, 7) is 7.22. The Morgan fingerprint density at radius 3 is 2.73 bits per heavy atom. The van der Waals surface area contributed by atoms with Crippen LogP contribution in [0.5, 0.6) is 0 Å². The molecule has 1 aromatic carbocycles. The van der Waals surface area contributed by atoms with Gasteiger partial charge in [0.1, 0.15) is 6.04 Å². The van der Waals surface area contributed by atoms with Gasteiger partial charge in [0, 0.05) is 23.8 Å². The van der Waals surface area contributed by atoms with Gasteiger partial charge in [0.2, 0.25) is 5.89 Å². The molecule has 0 aliphatic carbocycles. The third kappa shape index (κ3) is 2.90. The van der Waals surface area contributed by atoms with Crippen LogP contribution in [0.3, 0.4) is 0 Å². The summed E-state index contributed by atoms with van der Waals surface area (Å²) in [6.07, 6.45) is 2.13. The van der Waals surface area contributed by atoms with Crippen LogP contribution in [0.2, 0.25) is 0 Å². The first-order chi connectivity index (χ1) is 10.1. The fraction of sp³-hybridized carbons (Fsp3) is 0.500. The molecule has 0 saturated carbocycles. The van der Waals surface area contributed by atoms with E-state index in [-0.39, 0.29) is 24.4 Å². The number of aromatic nitrogens is 2. The van der Waals surface area contributed by atoms with Gasteiger partial charge in [-0.15, -0.1) is 12.4 Å². The summed E-state index contributed by atoms with van der Waals surface area (Å²) in [6, 6.07) is 6.16. The van der Waals surface area contributed by atoms with Crippen molar-refractivity contribution in [2.24, 2.45) is 0 Å². The monoisotopic (exact) mass is 322 g/mol.